The van der Waals surface area contributed by atoms with E-state index in [1.54, 1.807) is 18.0 Å². The molecule has 0 N–H and O–H groups in total. The summed E-state index contributed by atoms with van der Waals surface area (Å²) in [6.45, 7) is 1.66. The first-order valence-electron chi connectivity index (χ1n) is 7.06. The number of carbonyl (C=O) groups excluding carboxylic acids is 1. The molecule has 1 unspecified atom stereocenters. The molecule has 0 spiro atoms. The van der Waals surface area contributed by atoms with Crippen molar-refractivity contribution in [1.82, 2.24) is 9.80 Å². The molecule has 0 fully saturated rings. The fraction of sp³-hybridized carbons (Fsp3) is 0.533. The van der Waals surface area contributed by atoms with E-state index in [0.717, 1.165) is 24.9 Å². The Morgan fingerprint density at radius 1 is 1.43 bits per heavy atom. The van der Waals surface area contributed by atoms with Gasteiger partial charge >= 0.3 is 0 Å². The minimum Gasteiger partial charge on any atom is -0.341 e. The van der Waals surface area contributed by atoms with Crippen LogP contribution < -0.4 is 0 Å². The second-order valence-corrected chi connectivity index (χ2v) is 5.95. The summed E-state index contributed by atoms with van der Waals surface area (Å²) in [7, 11) is 5.82. The lowest BCUT2D eigenvalue weighted by atomic mass is 9.94. The molecule has 0 aromatic heterocycles. The molecular weight excluding hydrogens is 270 g/mol. The molecule has 2 rings (SSSR count). The van der Waals surface area contributed by atoms with Gasteiger partial charge in [-0.1, -0.05) is 6.07 Å². The van der Waals surface area contributed by atoms with Crippen molar-refractivity contribution in [3.8, 4) is 0 Å². The molecule has 1 atom stereocenters. The van der Waals surface area contributed by atoms with E-state index < -0.39 is 4.92 Å². The number of carbonyl (C=O) groups is 1. The molecule has 1 aliphatic rings. The van der Waals surface area contributed by atoms with Gasteiger partial charge in [-0.05, 0) is 45.0 Å². The van der Waals surface area contributed by atoms with Crippen LogP contribution in [0.1, 0.15) is 22.3 Å². The van der Waals surface area contributed by atoms with Crippen molar-refractivity contribution < 1.29 is 9.72 Å². The molecule has 21 heavy (non-hydrogen) atoms. The molecule has 1 aliphatic heterocycles. The summed E-state index contributed by atoms with van der Waals surface area (Å²) in [4.78, 5) is 26.6. The largest absolute Gasteiger partial charge is 0.341 e. The van der Waals surface area contributed by atoms with Crippen LogP contribution in [0.4, 0.5) is 5.69 Å². The van der Waals surface area contributed by atoms with Gasteiger partial charge < -0.3 is 9.80 Å². The maximum absolute atomic E-state index is 12.4. The van der Waals surface area contributed by atoms with Gasteiger partial charge in [-0.15, -0.1) is 0 Å². The van der Waals surface area contributed by atoms with Crippen LogP contribution in [0.5, 0.6) is 0 Å². The van der Waals surface area contributed by atoms with Gasteiger partial charge in [-0.25, -0.2) is 0 Å². The monoisotopic (exact) mass is 291 g/mol. The number of nitrogens with zero attached hydrogens (tertiary/aromatic N) is 3. The van der Waals surface area contributed by atoms with Gasteiger partial charge in [0, 0.05) is 31.3 Å². The highest BCUT2D eigenvalue weighted by Gasteiger charge is 2.27. The average molecular weight is 291 g/mol. The maximum atomic E-state index is 12.4. The van der Waals surface area contributed by atoms with E-state index in [9.17, 15) is 14.9 Å². The van der Waals surface area contributed by atoms with E-state index in [-0.39, 0.29) is 11.6 Å². The van der Waals surface area contributed by atoms with Gasteiger partial charge in [0.05, 0.1) is 4.92 Å². The second-order valence-electron chi connectivity index (χ2n) is 5.95. The molecule has 1 heterocycles. The Kier molecular flexibility index (Phi) is 4.57. The molecule has 1 aromatic rings. The molecular formula is C15H21N3O3. The van der Waals surface area contributed by atoms with Crippen molar-refractivity contribution in [2.75, 3.05) is 34.2 Å². The lowest BCUT2D eigenvalue weighted by Crippen LogP contribution is -2.31. The number of rotatable bonds is 4. The molecule has 0 saturated carbocycles. The average Bonchev–Trinajstić information content (AvgIpc) is 2.54. The van der Waals surface area contributed by atoms with Crippen LogP contribution in [0.15, 0.2) is 18.2 Å². The Morgan fingerprint density at radius 2 is 2.14 bits per heavy atom. The van der Waals surface area contributed by atoms with Gasteiger partial charge in [-0.3, -0.25) is 14.9 Å². The predicted octanol–water partition coefficient (Wildman–Crippen LogP) is 1.79. The van der Waals surface area contributed by atoms with Gasteiger partial charge in [0.2, 0.25) is 0 Å². The Hall–Kier alpha value is -1.95. The first kappa shape index (κ1) is 15.4. The van der Waals surface area contributed by atoms with E-state index in [4.69, 9.17) is 0 Å². The van der Waals surface area contributed by atoms with Crippen molar-refractivity contribution in [1.29, 1.82) is 0 Å². The molecule has 0 aliphatic carbocycles. The number of fused-ring (bicyclic) bond motifs is 1. The maximum Gasteiger partial charge on any atom is 0.270 e. The summed E-state index contributed by atoms with van der Waals surface area (Å²) in [5.41, 5.74) is 1.36. The molecule has 1 aromatic carbocycles. The topological polar surface area (TPSA) is 66.7 Å². The third-order valence-electron chi connectivity index (χ3n) is 3.91. The summed E-state index contributed by atoms with van der Waals surface area (Å²) in [5, 5.41) is 10.9. The second kappa shape index (κ2) is 6.22. The third-order valence-corrected chi connectivity index (χ3v) is 3.91. The van der Waals surface area contributed by atoms with Crippen molar-refractivity contribution in [2.24, 2.45) is 5.92 Å². The van der Waals surface area contributed by atoms with Crippen LogP contribution >= 0.6 is 0 Å². The molecule has 0 saturated heterocycles. The fourth-order valence-corrected chi connectivity index (χ4v) is 2.74. The highest BCUT2D eigenvalue weighted by Crippen LogP contribution is 2.26. The van der Waals surface area contributed by atoms with Crippen molar-refractivity contribution in [3.63, 3.8) is 0 Å². The highest BCUT2D eigenvalue weighted by atomic mass is 16.6. The molecule has 1 amide bonds. The lowest BCUT2D eigenvalue weighted by molar-refractivity contribution is -0.384. The smallest absolute Gasteiger partial charge is 0.270 e. The summed E-state index contributed by atoms with van der Waals surface area (Å²) in [5.74, 6) is 0.255. The molecule has 114 valence electrons. The van der Waals surface area contributed by atoms with Crippen LogP contribution in [0, 0.1) is 16.0 Å². The van der Waals surface area contributed by atoms with Crippen LogP contribution in [-0.4, -0.2) is 54.9 Å². The van der Waals surface area contributed by atoms with Gasteiger partial charge in [0.25, 0.3) is 11.6 Å². The SMILES string of the molecule is CN(C)CCC1Cc2ccc([N+](=O)[O-])cc2C(=O)N(C)C1. The van der Waals surface area contributed by atoms with Crippen LogP contribution in [0.2, 0.25) is 0 Å². The highest BCUT2D eigenvalue weighted by molar-refractivity contribution is 5.96. The Morgan fingerprint density at radius 3 is 2.76 bits per heavy atom. The fourth-order valence-electron chi connectivity index (χ4n) is 2.74. The van der Waals surface area contributed by atoms with Crippen LogP contribution in [-0.2, 0) is 6.42 Å². The van der Waals surface area contributed by atoms with Gasteiger partial charge in [-0.2, -0.15) is 0 Å². The predicted molar refractivity (Wildman–Crippen MR) is 80.4 cm³/mol. The quantitative estimate of drug-likeness (QED) is 0.626. The zero-order chi connectivity index (χ0) is 15.6. The van der Waals surface area contributed by atoms with E-state index in [1.807, 2.05) is 14.1 Å². The van der Waals surface area contributed by atoms with Crippen LogP contribution in [0.25, 0.3) is 0 Å². The number of nitro groups is 1. The summed E-state index contributed by atoms with van der Waals surface area (Å²) >= 11 is 0. The van der Waals surface area contributed by atoms with E-state index in [0.29, 0.717) is 18.0 Å². The molecule has 0 bridgehead atoms. The zero-order valence-electron chi connectivity index (χ0n) is 12.7. The number of hydrogen-bond donors (Lipinski definition) is 0. The summed E-state index contributed by atoms with van der Waals surface area (Å²) < 4.78 is 0. The number of non-ortho nitro benzene ring substituents is 1. The van der Waals surface area contributed by atoms with Gasteiger partial charge in [0.15, 0.2) is 0 Å². The van der Waals surface area contributed by atoms with Crippen molar-refractivity contribution in [2.45, 2.75) is 12.8 Å². The Labute approximate surface area is 124 Å². The van der Waals surface area contributed by atoms with E-state index in [2.05, 4.69) is 4.90 Å². The number of benzene rings is 1. The Bertz CT molecular complexity index is 557. The van der Waals surface area contributed by atoms with Crippen molar-refractivity contribution >= 4 is 11.6 Å². The standard InChI is InChI=1S/C15H21N3O3/c1-16(2)7-6-11-8-12-4-5-13(18(20)21)9-14(12)15(19)17(3)10-11/h4-5,9,11H,6-8,10H2,1-3H3. The van der Waals surface area contributed by atoms with Crippen LogP contribution in [0.3, 0.4) is 0 Å². The molecule has 6 nitrogen and oxygen atoms in total. The normalized spacial score (nSPS) is 18.6. The summed E-state index contributed by atoms with van der Waals surface area (Å²) in [6, 6.07) is 4.62. The Balaban J connectivity index is 2.28. The van der Waals surface area contributed by atoms with E-state index in [1.165, 1.54) is 12.1 Å². The first-order chi connectivity index (χ1) is 9.88. The minimum absolute atomic E-state index is 0.0257. The molecule has 6 heteroatoms. The zero-order valence-corrected chi connectivity index (χ0v) is 12.7. The minimum atomic E-state index is -0.456. The van der Waals surface area contributed by atoms with Crippen molar-refractivity contribution in [3.05, 3.63) is 39.4 Å². The van der Waals surface area contributed by atoms with E-state index >= 15 is 0 Å². The molecule has 0 radical (unpaired) electrons. The number of amides is 1. The number of nitro benzene ring substituents is 1. The first-order valence-corrected chi connectivity index (χ1v) is 7.06. The number of hydrogen-bond acceptors (Lipinski definition) is 4. The third kappa shape index (κ3) is 3.58. The summed E-state index contributed by atoms with van der Waals surface area (Å²) in [6.07, 6.45) is 1.79. The lowest BCUT2D eigenvalue weighted by Gasteiger charge is -2.21. The van der Waals surface area contributed by atoms with Gasteiger partial charge in [0.1, 0.15) is 0 Å².